The van der Waals surface area contributed by atoms with Crippen LogP contribution in [0.2, 0.25) is 0 Å². The van der Waals surface area contributed by atoms with Crippen molar-refractivity contribution in [2.24, 2.45) is 5.10 Å². The van der Waals surface area contributed by atoms with Crippen molar-refractivity contribution in [3.05, 3.63) is 93.5 Å². The number of carboxylic acids is 1. The molecule has 1 N–H and O–H groups in total. The summed E-state index contributed by atoms with van der Waals surface area (Å²) >= 11 is 3.55. The Balaban J connectivity index is 1.58. The van der Waals surface area contributed by atoms with Gasteiger partial charge in [-0.15, -0.1) is 0 Å². The zero-order valence-electron chi connectivity index (χ0n) is 18.5. The number of hydrogen-bond donors (Lipinski definition) is 1. The number of methoxy groups -OCH3 is 1. The molecular formula is C26H21BrN2O5. The van der Waals surface area contributed by atoms with Gasteiger partial charge in [0.25, 0.3) is 5.91 Å². The molecule has 1 amide bonds. The molecule has 0 saturated heterocycles. The van der Waals surface area contributed by atoms with Crippen molar-refractivity contribution in [1.29, 1.82) is 0 Å². The van der Waals surface area contributed by atoms with Crippen molar-refractivity contribution >= 4 is 45.3 Å². The molecule has 0 bridgehead atoms. The highest BCUT2D eigenvalue weighted by Gasteiger charge is 2.29. The lowest BCUT2D eigenvalue weighted by atomic mass is 10.1. The van der Waals surface area contributed by atoms with Gasteiger partial charge < -0.3 is 14.6 Å². The number of carbonyl (C=O) groups is 2. The lowest BCUT2D eigenvalue weighted by Crippen LogP contribution is -2.21. The molecule has 0 aromatic heterocycles. The van der Waals surface area contributed by atoms with Gasteiger partial charge in [-0.1, -0.05) is 30.3 Å². The van der Waals surface area contributed by atoms with Gasteiger partial charge in [0.2, 0.25) is 0 Å². The minimum absolute atomic E-state index is 0.137. The number of benzene rings is 3. The van der Waals surface area contributed by atoms with Gasteiger partial charge in [0.15, 0.2) is 11.5 Å². The zero-order valence-corrected chi connectivity index (χ0v) is 20.1. The standard InChI is InChI=1S/C26H21BrN2O5/c1-16-21(25(30)29(28-16)20-10-8-19(9-11-20)26(31)32)12-18-13-22(27)24(23(14-18)33-2)34-15-17-6-4-3-5-7-17/h3-14H,15H2,1-2H3,(H,31,32)/b21-12+. The Morgan fingerprint density at radius 1 is 1.12 bits per heavy atom. The third-order valence-electron chi connectivity index (χ3n) is 5.21. The molecule has 0 spiro atoms. The van der Waals surface area contributed by atoms with Crippen LogP contribution in [0.25, 0.3) is 6.08 Å². The molecular weight excluding hydrogens is 500 g/mol. The summed E-state index contributed by atoms with van der Waals surface area (Å²) in [5.41, 5.74) is 3.36. The number of hydrogen-bond acceptors (Lipinski definition) is 5. The fourth-order valence-electron chi connectivity index (χ4n) is 3.46. The van der Waals surface area contributed by atoms with Crippen molar-refractivity contribution in [2.75, 3.05) is 12.1 Å². The van der Waals surface area contributed by atoms with Crippen molar-refractivity contribution in [3.8, 4) is 11.5 Å². The number of rotatable bonds is 7. The van der Waals surface area contributed by atoms with Crippen LogP contribution in [0.5, 0.6) is 11.5 Å². The average molecular weight is 521 g/mol. The first-order chi connectivity index (χ1) is 16.4. The molecule has 0 saturated carbocycles. The van der Waals surface area contributed by atoms with Gasteiger partial charge in [-0.25, -0.2) is 4.79 Å². The normalized spacial score (nSPS) is 14.3. The van der Waals surface area contributed by atoms with E-state index in [1.54, 1.807) is 38.3 Å². The minimum Gasteiger partial charge on any atom is -0.493 e. The molecule has 1 heterocycles. The molecule has 34 heavy (non-hydrogen) atoms. The van der Waals surface area contributed by atoms with E-state index >= 15 is 0 Å². The van der Waals surface area contributed by atoms with E-state index in [2.05, 4.69) is 21.0 Å². The second kappa shape index (κ2) is 9.93. The third kappa shape index (κ3) is 4.87. The smallest absolute Gasteiger partial charge is 0.335 e. The van der Waals surface area contributed by atoms with Gasteiger partial charge in [-0.2, -0.15) is 10.1 Å². The van der Waals surface area contributed by atoms with E-state index < -0.39 is 5.97 Å². The fraction of sp³-hybridized carbons (Fsp3) is 0.115. The Bertz CT molecular complexity index is 1300. The molecule has 0 unspecified atom stereocenters. The molecule has 0 atom stereocenters. The number of ether oxygens (including phenoxy) is 2. The summed E-state index contributed by atoms with van der Waals surface area (Å²) < 4.78 is 12.2. The van der Waals surface area contributed by atoms with Crippen LogP contribution >= 0.6 is 15.9 Å². The third-order valence-corrected chi connectivity index (χ3v) is 5.80. The van der Waals surface area contributed by atoms with E-state index in [0.29, 0.717) is 39.6 Å². The zero-order chi connectivity index (χ0) is 24.2. The molecule has 3 aromatic carbocycles. The van der Waals surface area contributed by atoms with Gasteiger partial charge in [0.1, 0.15) is 6.61 Å². The summed E-state index contributed by atoms with van der Waals surface area (Å²) in [6.45, 7) is 2.13. The summed E-state index contributed by atoms with van der Waals surface area (Å²) in [5, 5.41) is 14.7. The lowest BCUT2D eigenvalue weighted by Gasteiger charge is -2.14. The predicted octanol–water partition coefficient (Wildman–Crippen LogP) is 5.54. The first kappa shape index (κ1) is 23.3. The van der Waals surface area contributed by atoms with Crippen molar-refractivity contribution in [3.63, 3.8) is 0 Å². The van der Waals surface area contributed by atoms with E-state index in [4.69, 9.17) is 14.6 Å². The summed E-state index contributed by atoms with van der Waals surface area (Å²) in [6, 6.07) is 19.4. The van der Waals surface area contributed by atoms with Crippen molar-refractivity contribution < 1.29 is 24.2 Å². The van der Waals surface area contributed by atoms with Crippen LogP contribution < -0.4 is 14.5 Å². The van der Waals surface area contributed by atoms with Crippen molar-refractivity contribution in [1.82, 2.24) is 0 Å². The molecule has 7 nitrogen and oxygen atoms in total. The Hall–Kier alpha value is -3.91. The largest absolute Gasteiger partial charge is 0.493 e. The number of amides is 1. The Morgan fingerprint density at radius 2 is 1.82 bits per heavy atom. The van der Waals surface area contributed by atoms with E-state index in [-0.39, 0.29) is 11.5 Å². The first-order valence-corrected chi connectivity index (χ1v) is 11.2. The van der Waals surface area contributed by atoms with Gasteiger partial charge in [-0.05, 0) is 76.5 Å². The number of carbonyl (C=O) groups excluding carboxylic acids is 1. The highest BCUT2D eigenvalue weighted by atomic mass is 79.9. The minimum atomic E-state index is -1.03. The van der Waals surface area contributed by atoms with Crippen LogP contribution in [0.15, 0.2) is 81.9 Å². The van der Waals surface area contributed by atoms with Gasteiger partial charge in [-0.3, -0.25) is 4.79 Å². The molecule has 8 heteroatoms. The number of aromatic carboxylic acids is 1. The maximum atomic E-state index is 13.1. The maximum Gasteiger partial charge on any atom is 0.335 e. The van der Waals surface area contributed by atoms with Crippen LogP contribution in [0.3, 0.4) is 0 Å². The van der Waals surface area contributed by atoms with E-state index in [1.807, 2.05) is 36.4 Å². The highest BCUT2D eigenvalue weighted by molar-refractivity contribution is 9.10. The molecule has 0 aliphatic carbocycles. The lowest BCUT2D eigenvalue weighted by molar-refractivity contribution is -0.114. The number of nitrogens with zero attached hydrogens (tertiary/aromatic N) is 2. The molecule has 0 radical (unpaired) electrons. The Labute approximate surface area is 205 Å². The SMILES string of the molecule is COc1cc(/C=C2/C(=O)N(c3ccc(C(=O)O)cc3)N=C2C)cc(Br)c1OCc1ccccc1. The Kier molecular flexibility index (Phi) is 6.79. The molecule has 0 fully saturated rings. The predicted molar refractivity (Wildman–Crippen MR) is 133 cm³/mol. The first-order valence-electron chi connectivity index (χ1n) is 10.4. The van der Waals surface area contributed by atoms with Gasteiger partial charge >= 0.3 is 5.97 Å². The van der Waals surface area contributed by atoms with Crippen LogP contribution in [0.1, 0.15) is 28.4 Å². The number of hydrazone groups is 1. The monoisotopic (exact) mass is 520 g/mol. The maximum absolute atomic E-state index is 13.1. The van der Waals surface area contributed by atoms with Crippen LogP contribution in [-0.4, -0.2) is 29.8 Å². The molecule has 1 aliphatic rings. The summed E-state index contributed by atoms with van der Waals surface area (Å²) in [5.74, 6) is -0.245. The fourth-order valence-corrected chi connectivity index (χ4v) is 4.04. The summed E-state index contributed by atoms with van der Waals surface area (Å²) in [7, 11) is 1.56. The van der Waals surface area contributed by atoms with Crippen LogP contribution in [0, 0.1) is 0 Å². The van der Waals surface area contributed by atoms with Crippen molar-refractivity contribution in [2.45, 2.75) is 13.5 Å². The molecule has 1 aliphatic heterocycles. The van der Waals surface area contributed by atoms with E-state index in [9.17, 15) is 9.59 Å². The topological polar surface area (TPSA) is 88.4 Å². The number of anilines is 1. The highest BCUT2D eigenvalue weighted by Crippen LogP contribution is 2.38. The van der Waals surface area contributed by atoms with Gasteiger partial charge in [0, 0.05) is 0 Å². The van der Waals surface area contributed by atoms with E-state index in [0.717, 1.165) is 11.1 Å². The molecule has 172 valence electrons. The molecule has 4 rings (SSSR count). The summed E-state index contributed by atoms with van der Waals surface area (Å²) in [4.78, 5) is 24.1. The molecule has 3 aromatic rings. The average Bonchev–Trinajstić information content (AvgIpc) is 3.12. The number of halogens is 1. The van der Waals surface area contributed by atoms with Crippen LogP contribution in [0.4, 0.5) is 5.69 Å². The van der Waals surface area contributed by atoms with Gasteiger partial charge in [0.05, 0.1) is 34.1 Å². The number of carboxylic acid groups (broad SMARTS) is 1. The van der Waals surface area contributed by atoms with Crippen LogP contribution in [-0.2, 0) is 11.4 Å². The second-order valence-corrected chi connectivity index (χ2v) is 8.38. The quantitative estimate of drug-likeness (QED) is 0.413. The summed E-state index contributed by atoms with van der Waals surface area (Å²) in [6.07, 6.45) is 1.74. The Morgan fingerprint density at radius 3 is 2.47 bits per heavy atom. The van der Waals surface area contributed by atoms with E-state index in [1.165, 1.54) is 17.1 Å². The second-order valence-electron chi connectivity index (χ2n) is 7.52.